The van der Waals surface area contributed by atoms with Crippen LogP contribution in [0.4, 0.5) is 0 Å². The van der Waals surface area contributed by atoms with E-state index in [2.05, 4.69) is 6.92 Å². The normalized spacial score (nSPS) is 12.1. The van der Waals surface area contributed by atoms with Gasteiger partial charge in [0.2, 0.25) is 0 Å². The maximum Gasteiger partial charge on any atom is 0.295 e. The van der Waals surface area contributed by atoms with Gasteiger partial charge in [-0.15, -0.1) is 0 Å². The van der Waals surface area contributed by atoms with Crippen LogP contribution in [0.1, 0.15) is 128 Å². The lowest BCUT2D eigenvalue weighted by Gasteiger charge is -2.12. The Morgan fingerprint density at radius 1 is 0.553 bits per heavy atom. The maximum absolute atomic E-state index is 12.4. The Hall–Kier alpha value is -1.91. The van der Waals surface area contributed by atoms with Crippen LogP contribution in [0.15, 0.2) is 53.4 Å². The van der Waals surface area contributed by atoms with Gasteiger partial charge >= 0.3 is 0 Å². The molecule has 0 aromatic heterocycles. The van der Waals surface area contributed by atoms with Crippen molar-refractivity contribution in [2.45, 2.75) is 134 Å². The van der Waals surface area contributed by atoms with E-state index in [0.717, 1.165) is 34.6 Å². The first-order valence-corrected chi connectivity index (χ1v) is 16.9. The van der Waals surface area contributed by atoms with Crippen LogP contribution >= 0.6 is 0 Å². The number of hydrogen-bond donors (Lipinski definition) is 1. The summed E-state index contributed by atoms with van der Waals surface area (Å²) in [5.74, 6) is 0. The van der Waals surface area contributed by atoms with Crippen molar-refractivity contribution in [3.05, 3.63) is 54.1 Å². The second kappa shape index (κ2) is 16.9. The molecule has 3 aromatic carbocycles. The Morgan fingerprint density at radius 2 is 1.00 bits per heavy atom. The zero-order valence-electron chi connectivity index (χ0n) is 23.7. The molecule has 4 heteroatoms. The largest absolute Gasteiger partial charge is 0.295 e. The minimum Gasteiger partial charge on any atom is -0.282 e. The number of rotatable bonds is 20. The van der Waals surface area contributed by atoms with Gasteiger partial charge in [0.15, 0.2) is 0 Å². The predicted octanol–water partition coefficient (Wildman–Crippen LogP) is 10.8. The summed E-state index contributed by atoms with van der Waals surface area (Å²) >= 11 is 0. The molecule has 3 rings (SSSR count). The molecular formula is C34H50O3S. The average molecular weight is 539 g/mol. The molecule has 38 heavy (non-hydrogen) atoms. The first-order valence-electron chi connectivity index (χ1n) is 15.4. The lowest BCUT2D eigenvalue weighted by Crippen LogP contribution is -2.05. The van der Waals surface area contributed by atoms with Crippen LogP contribution in [0.5, 0.6) is 0 Å². The summed E-state index contributed by atoms with van der Waals surface area (Å²) in [6, 6.07) is 15.7. The molecule has 0 saturated heterocycles. The highest BCUT2D eigenvalue weighted by Crippen LogP contribution is 2.31. The summed E-state index contributed by atoms with van der Waals surface area (Å²) in [4.78, 5) is 0.0905. The van der Waals surface area contributed by atoms with Crippen molar-refractivity contribution in [3.63, 3.8) is 0 Å². The Balaban J connectivity index is 1.29. The third-order valence-electron chi connectivity index (χ3n) is 7.98. The highest BCUT2D eigenvalue weighted by Gasteiger charge is 2.19. The molecule has 0 aliphatic heterocycles. The lowest BCUT2D eigenvalue weighted by molar-refractivity contribution is 0.482. The Labute approximate surface area is 232 Å². The number of unbranched alkanes of at least 4 members (excludes halogenated alkanes) is 17. The van der Waals surface area contributed by atoms with Gasteiger partial charge in [0.25, 0.3) is 10.1 Å². The molecule has 0 aliphatic carbocycles. The first kappa shape index (κ1) is 30.6. The fraction of sp³-hybridized carbons (Fsp3) is 0.588. The van der Waals surface area contributed by atoms with Crippen LogP contribution in [0.3, 0.4) is 0 Å². The van der Waals surface area contributed by atoms with Crippen LogP contribution < -0.4 is 0 Å². The molecule has 0 radical (unpaired) electrons. The number of fused-ring (bicyclic) bond motifs is 2. The summed E-state index contributed by atoms with van der Waals surface area (Å²) in [5.41, 5.74) is 0.728. The second-order valence-corrected chi connectivity index (χ2v) is 12.6. The van der Waals surface area contributed by atoms with E-state index in [0.29, 0.717) is 11.8 Å². The van der Waals surface area contributed by atoms with Crippen LogP contribution in [-0.4, -0.2) is 13.0 Å². The molecule has 0 saturated carbocycles. The highest BCUT2D eigenvalue weighted by atomic mass is 32.2. The molecule has 0 heterocycles. The third-order valence-corrected chi connectivity index (χ3v) is 8.97. The molecule has 0 unspecified atom stereocenters. The molecule has 1 N–H and O–H groups in total. The standard InChI is InChI=1S/C34H50O3S/c1-2-3-4-5-6-7-8-9-10-11-12-13-14-15-16-17-18-19-22-29-25-26-32-27-30-23-20-21-24-31(30)28-33(32)34(29)38(35,36)37/h20-21,23-28H,2-19,22H2,1H3,(H,35,36,37). The van der Waals surface area contributed by atoms with Gasteiger partial charge in [0, 0.05) is 5.39 Å². The van der Waals surface area contributed by atoms with Crippen molar-refractivity contribution >= 4 is 31.7 Å². The molecule has 0 aliphatic rings. The molecule has 0 fully saturated rings. The van der Waals surface area contributed by atoms with E-state index in [1.807, 2.05) is 48.5 Å². The van der Waals surface area contributed by atoms with Crippen molar-refractivity contribution < 1.29 is 13.0 Å². The van der Waals surface area contributed by atoms with Crippen molar-refractivity contribution in [2.75, 3.05) is 0 Å². The Kier molecular flexibility index (Phi) is 13.6. The molecule has 0 atom stereocenters. The van der Waals surface area contributed by atoms with E-state index in [4.69, 9.17) is 0 Å². The van der Waals surface area contributed by atoms with Crippen LogP contribution in [0, 0.1) is 0 Å². The van der Waals surface area contributed by atoms with Gasteiger partial charge in [0.1, 0.15) is 4.90 Å². The number of aryl methyl sites for hydroxylation is 1. The van der Waals surface area contributed by atoms with E-state index in [-0.39, 0.29) is 4.90 Å². The van der Waals surface area contributed by atoms with Gasteiger partial charge in [-0.25, -0.2) is 0 Å². The summed E-state index contributed by atoms with van der Waals surface area (Å²) < 4.78 is 34.8. The second-order valence-electron chi connectivity index (χ2n) is 11.2. The average Bonchev–Trinajstić information content (AvgIpc) is 2.90. The molecule has 0 bridgehead atoms. The smallest absolute Gasteiger partial charge is 0.282 e. The first-order chi connectivity index (χ1) is 18.5. The molecule has 210 valence electrons. The Bertz CT molecular complexity index is 1200. The number of benzene rings is 3. The van der Waals surface area contributed by atoms with Crippen LogP contribution in [0.25, 0.3) is 21.5 Å². The summed E-state index contributed by atoms with van der Waals surface area (Å²) in [6.07, 6.45) is 24.7. The zero-order valence-corrected chi connectivity index (χ0v) is 24.5. The van der Waals surface area contributed by atoms with E-state index >= 15 is 0 Å². The minimum absolute atomic E-state index is 0.0905. The number of hydrogen-bond acceptors (Lipinski definition) is 2. The van der Waals surface area contributed by atoms with Gasteiger partial charge < -0.3 is 0 Å². The zero-order chi connectivity index (χ0) is 27.1. The highest BCUT2D eigenvalue weighted by molar-refractivity contribution is 7.86. The van der Waals surface area contributed by atoms with E-state index in [1.165, 1.54) is 103 Å². The molecular weight excluding hydrogens is 488 g/mol. The van der Waals surface area contributed by atoms with Crippen molar-refractivity contribution in [2.24, 2.45) is 0 Å². The van der Waals surface area contributed by atoms with E-state index in [1.54, 1.807) is 0 Å². The minimum atomic E-state index is -4.30. The SMILES string of the molecule is CCCCCCCCCCCCCCCCCCCCc1ccc2cc3ccccc3cc2c1S(=O)(=O)O. The van der Waals surface area contributed by atoms with E-state index < -0.39 is 10.1 Å². The fourth-order valence-electron chi connectivity index (χ4n) is 5.75. The van der Waals surface area contributed by atoms with Crippen LogP contribution in [0.2, 0.25) is 0 Å². The van der Waals surface area contributed by atoms with Crippen molar-refractivity contribution in [3.8, 4) is 0 Å². The summed E-state index contributed by atoms with van der Waals surface area (Å²) in [7, 11) is -4.30. The summed E-state index contributed by atoms with van der Waals surface area (Å²) in [6.45, 7) is 2.28. The quantitative estimate of drug-likeness (QED) is 0.0884. The molecule has 3 nitrogen and oxygen atoms in total. The van der Waals surface area contributed by atoms with Crippen molar-refractivity contribution in [1.29, 1.82) is 0 Å². The maximum atomic E-state index is 12.4. The predicted molar refractivity (Wildman–Crippen MR) is 164 cm³/mol. The topological polar surface area (TPSA) is 54.4 Å². The Morgan fingerprint density at radius 3 is 1.47 bits per heavy atom. The van der Waals surface area contributed by atoms with Gasteiger partial charge in [-0.1, -0.05) is 152 Å². The molecule has 3 aromatic rings. The van der Waals surface area contributed by atoms with Gasteiger partial charge in [0.05, 0.1) is 0 Å². The van der Waals surface area contributed by atoms with E-state index in [9.17, 15) is 13.0 Å². The van der Waals surface area contributed by atoms with Gasteiger partial charge in [-0.2, -0.15) is 8.42 Å². The van der Waals surface area contributed by atoms with Gasteiger partial charge in [-0.05, 0) is 46.7 Å². The molecule has 0 spiro atoms. The third kappa shape index (κ3) is 10.3. The monoisotopic (exact) mass is 538 g/mol. The van der Waals surface area contributed by atoms with Gasteiger partial charge in [-0.3, -0.25) is 4.55 Å². The van der Waals surface area contributed by atoms with Crippen molar-refractivity contribution in [1.82, 2.24) is 0 Å². The molecule has 0 amide bonds. The summed E-state index contributed by atoms with van der Waals surface area (Å²) in [5, 5.41) is 3.51. The fourth-order valence-corrected chi connectivity index (χ4v) is 6.71. The lowest BCUT2D eigenvalue weighted by atomic mass is 9.98. The van der Waals surface area contributed by atoms with Crippen LogP contribution in [-0.2, 0) is 16.5 Å².